The summed E-state index contributed by atoms with van der Waals surface area (Å²) < 4.78 is 0. The smallest absolute Gasteiger partial charge is 0.374 e. The number of hydrogen-bond acceptors (Lipinski definition) is 5. The number of carbonyl (C=O) groups is 1. The Morgan fingerprint density at radius 2 is 2.41 bits per heavy atom. The third-order valence-electron chi connectivity index (χ3n) is 2.54. The van der Waals surface area contributed by atoms with Gasteiger partial charge in [0.1, 0.15) is 5.82 Å². The third-order valence-corrected chi connectivity index (χ3v) is 2.54. The molecule has 0 aliphatic carbocycles. The molecule has 0 fully saturated rings. The number of hydrogen-bond donors (Lipinski definition) is 3. The van der Waals surface area contributed by atoms with E-state index in [2.05, 4.69) is 27.2 Å². The average Bonchev–Trinajstić information content (AvgIpc) is 2.35. The van der Waals surface area contributed by atoms with Gasteiger partial charge in [-0.25, -0.2) is 14.8 Å². The fourth-order valence-electron chi connectivity index (χ4n) is 1.75. The van der Waals surface area contributed by atoms with E-state index in [9.17, 15) is 4.79 Å². The molecule has 0 aromatic carbocycles. The minimum Gasteiger partial charge on any atom is -0.475 e. The van der Waals surface area contributed by atoms with E-state index in [-0.39, 0.29) is 5.82 Å². The molecule has 0 bridgehead atoms. The van der Waals surface area contributed by atoms with Crippen molar-refractivity contribution >= 4 is 11.8 Å². The molecule has 1 aromatic rings. The van der Waals surface area contributed by atoms with Crippen LogP contribution in [0, 0.1) is 0 Å². The fourth-order valence-corrected chi connectivity index (χ4v) is 1.75. The molecule has 0 saturated carbocycles. The molecule has 6 heteroatoms. The lowest BCUT2D eigenvalue weighted by Crippen LogP contribution is -2.27. The summed E-state index contributed by atoms with van der Waals surface area (Å²) in [6, 6.07) is 0. The predicted molar refractivity (Wildman–Crippen MR) is 63.1 cm³/mol. The first-order chi connectivity index (χ1) is 8.22. The summed E-state index contributed by atoms with van der Waals surface area (Å²) in [6.07, 6.45) is 2.42. The highest BCUT2D eigenvalue weighted by atomic mass is 16.4. The Hall–Kier alpha value is -1.95. The first kappa shape index (κ1) is 11.5. The van der Waals surface area contributed by atoms with Crippen molar-refractivity contribution in [3.8, 4) is 0 Å². The molecule has 17 heavy (non-hydrogen) atoms. The van der Waals surface area contributed by atoms with Gasteiger partial charge in [0.2, 0.25) is 5.82 Å². The first-order valence-electron chi connectivity index (χ1n) is 5.41. The van der Waals surface area contributed by atoms with E-state index in [0.717, 1.165) is 24.2 Å². The van der Waals surface area contributed by atoms with Crippen LogP contribution >= 0.6 is 0 Å². The van der Waals surface area contributed by atoms with Gasteiger partial charge in [-0.2, -0.15) is 0 Å². The van der Waals surface area contributed by atoms with Gasteiger partial charge in [0.25, 0.3) is 0 Å². The van der Waals surface area contributed by atoms with Crippen LogP contribution in [0.3, 0.4) is 0 Å². The molecule has 2 rings (SSSR count). The Bertz CT molecular complexity index is 459. The fraction of sp³-hybridized carbons (Fsp3) is 0.364. The number of anilines is 1. The van der Waals surface area contributed by atoms with Crippen molar-refractivity contribution in [2.24, 2.45) is 0 Å². The van der Waals surface area contributed by atoms with Crippen molar-refractivity contribution in [3.63, 3.8) is 0 Å². The number of fused-ring (bicyclic) bond motifs is 1. The standard InChI is InChI=1S/C11H14N4O2/c1-2-4-13-9-7-6-12-5-3-8(7)14-10(15-9)11(16)17/h2,12H,1,3-6H2,(H,16,17)(H,13,14,15). The number of nitrogens with one attached hydrogen (secondary N) is 2. The molecule has 0 saturated heterocycles. The SMILES string of the molecule is C=CCNc1nc(C(=O)O)nc2c1CNCC2. The largest absolute Gasteiger partial charge is 0.475 e. The zero-order chi connectivity index (χ0) is 12.3. The van der Waals surface area contributed by atoms with Crippen LogP contribution in [0.15, 0.2) is 12.7 Å². The molecule has 3 N–H and O–H groups in total. The van der Waals surface area contributed by atoms with Crippen molar-refractivity contribution in [3.05, 3.63) is 29.7 Å². The molecule has 1 aromatic heterocycles. The molecular weight excluding hydrogens is 220 g/mol. The number of carboxylic acid groups (broad SMARTS) is 1. The second-order valence-electron chi connectivity index (χ2n) is 3.72. The molecule has 0 unspecified atom stereocenters. The molecule has 0 spiro atoms. The van der Waals surface area contributed by atoms with Crippen LogP contribution in [-0.2, 0) is 13.0 Å². The maximum absolute atomic E-state index is 10.9. The third kappa shape index (κ3) is 2.42. The summed E-state index contributed by atoms with van der Waals surface area (Å²) in [4.78, 5) is 19.0. The number of aromatic carboxylic acids is 1. The van der Waals surface area contributed by atoms with Gasteiger partial charge in [0, 0.05) is 31.6 Å². The Labute approximate surface area is 98.8 Å². The van der Waals surface area contributed by atoms with E-state index in [0.29, 0.717) is 18.9 Å². The normalized spacial score (nSPS) is 13.9. The predicted octanol–water partition coefficient (Wildman–Crippen LogP) is 0.418. The molecular formula is C11H14N4O2. The van der Waals surface area contributed by atoms with Gasteiger partial charge in [-0.15, -0.1) is 6.58 Å². The molecule has 0 atom stereocenters. The first-order valence-corrected chi connectivity index (χ1v) is 5.41. The van der Waals surface area contributed by atoms with Crippen molar-refractivity contribution < 1.29 is 9.90 Å². The maximum atomic E-state index is 10.9. The summed E-state index contributed by atoms with van der Waals surface area (Å²) in [5.41, 5.74) is 1.76. The summed E-state index contributed by atoms with van der Waals surface area (Å²) in [5.74, 6) is -0.676. The summed E-state index contributed by atoms with van der Waals surface area (Å²) in [6.45, 7) is 5.62. The summed E-state index contributed by atoms with van der Waals surface area (Å²) in [7, 11) is 0. The second-order valence-corrected chi connectivity index (χ2v) is 3.72. The van der Waals surface area contributed by atoms with Crippen molar-refractivity contribution in [2.45, 2.75) is 13.0 Å². The van der Waals surface area contributed by atoms with Gasteiger partial charge in [-0.1, -0.05) is 6.08 Å². The minimum absolute atomic E-state index is 0.155. The van der Waals surface area contributed by atoms with Crippen LogP contribution in [0.2, 0.25) is 0 Å². The second kappa shape index (κ2) is 4.92. The van der Waals surface area contributed by atoms with E-state index in [1.807, 2.05) is 0 Å². The van der Waals surface area contributed by atoms with Crippen LogP contribution < -0.4 is 10.6 Å². The Kier molecular flexibility index (Phi) is 3.34. The number of aromatic nitrogens is 2. The molecule has 90 valence electrons. The molecule has 1 aliphatic rings. The summed E-state index contributed by atoms with van der Waals surface area (Å²) in [5, 5.41) is 15.2. The number of nitrogens with zero attached hydrogens (tertiary/aromatic N) is 2. The lowest BCUT2D eigenvalue weighted by Gasteiger charge is -2.19. The van der Waals surface area contributed by atoms with Crippen LogP contribution in [0.5, 0.6) is 0 Å². The lowest BCUT2D eigenvalue weighted by molar-refractivity contribution is 0.0683. The van der Waals surface area contributed by atoms with E-state index in [1.165, 1.54) is 0 Å². The Balaban J connectivity index is 2.42. The molecule has 1 aliphatic heterocycles. The minimum atomic E-state index is -1.10. The monoisotopic (exact) mass is 234 g/mol. The van der Waals surface area contributed by atoms with Crippen molar-refractivity contribution in [2.75, 3.05) is 18.4 Å². The highest BCUT2D eigenvalue weighted by Gasteiger charge is 2.19. The van der Waals surface area contributed by atoms with E-state index < -0.39 is 5.97 Å². The van der Waals surface area contributed by atoms with Crippen LogP contribution in [-0.4, -0.2) is 34.1 Å². The van der Waals surface area contributed by atoms with Gasteiger partial charge in [-0.3, -0.25) is 0 Å². The summed E-state index contributed by atoms with van der Waals surface area (Å²) >= 11 is 0. The van der Waals surface area contributed by atoms with E-state index in [1.54, 1.807) is 6.08 Å². The average molecular weight is 234 g/mol. The highest BCUT2D eigenvalue weighted by Crippen LogP contribution is 2.19. The molecule has 0 amide bonds. The quantitative estimate of drug-likeness (QED) is 0.654. The van der Waals surface area contributed by atoms with Crippen molar-refractivity contribution in [1.82, 2.24) is 15.3 Å². The van der Waals surface area contributed by atoms with Gasteiger partial charge >= 0.3 is 5.97 Å². The molecule has 6 nitrogen and oxygen atoms in total. The number of carboxylic acids is 1. The van der Waals surface area contributed by atoms with E-state index in [4.69, 9.17) is 5.11 Å². The Morgan fingerprint density at radius 3 is 3.12 bits per heavy atom. The molecule has 0 radical (unpaired) electrons. The Morgan fingerprint density at radius 1 is 1.59 bits per heavy atom. The van der Waals surface area contributed by atoms with Crippen LogP contribution in [0.25, 0.3) is 0 Å². The van der Waals surface area contributed by atoms with Crippen molar-refractivity contribution in [1.29, 1.82) is 0 Å². The van der Waals surface area contributed by atoms with Crippen LogP contribution in [0.1, 0.15) is 21.9 Å². The van der Waals surface area contributed by atoms with Gasteiger partial charge < -0.3 is 15.7 Å². The lowest BCUT2D eigenvalue weighted by atomic mass is 10.1. The van der Waals surface area contributed by atoms with Gasteiger partial charge in [0.05, 0.1) is 5.69 Å². The van der Waals surface area contributed by atoms with E-state index >= 15 is 0 Å². The maximum Gasteiger partial charge on any atom is 0.374 e. The zero-order valence-corrected chi connectivity index (χ0v) is 9.36. The van der Waals surface area contributed by atoms with Gasteiger partial charge in [0.15, 0.2) is 0 Å². The number of rotatable bonds is 4. The topological polar surface area (TPSA) is 87.1 Å². The highest BCUT2D eigenvalue weighted by molar-refractivity contribution is 5.83. The molecule has 2 heterocycles. The zero-order valence-electron chi connectivity index (χ0n) is 9.36. The van der Waals surface area contributed by atoms with Gasteiger partial charge in [-0.05, 0) is 0 Å². The van der Waals surface area contributed by atoms with Crippen LogP contribution in [0.4, 0.5) is 5.82 Å².